The SMILES string of the molecule is CO[C@]1(C)C[C@@H](C)CN(C)C2(COC(=O)C(C)(C)C(=O)[C@H](C)[C@H]1O)CC2N1CCN(C(C)(C)C)CC1. The molecular formula is C28H51N3O5. The van der Waals surface area contributed by atoms with Crippen molar-refractivity contribution < 1.29 is 24.2 Å². The minimum atomic E-state index is -1.35. The molecular weight excluding hydrogens is 458 g/mol. The summed E-state index contributed by atoms with van der Waals surface area (Å²) in [6.45, 7) is 20.8. The van der Waals surface area contributed by atoms with Gasteiger partial charge in [0, 0.05) is 57.3 Å². The van der Waals surface area contributed by atoms with Crippen molar-refractivity contribution in [3.05, 3.63) is 0 Å². The Labute approximate surface area is 218 Å². The molecule has 1 aliphatic carbocycles. The van der Waals surface area contributed by atoms with Gasteiger partial charge in [-0.3, -0.25) is 24.3 Å². The molecule has 3 rings (SSSR count). The van der Waals surface area contributed by atoms with Crippen molar-refractivity contribution in [2.75, 3.05) is 53.5 Å². The van der Waals surface area contributed by atoms with E-state index in [9.17, 15) is 14.7 Å². The molecule has 1 saturated carbocycles. The Morgan fingerprint density at radius 2 is 1.61 bits per heavy atom. The summed E-state index contributed by atoms with van der Waals surface area (Å²) < 4.78 is 11.7. The first-order chi connectivity index (χ1) is 16.5. The second-order valence-corrected chi connectivity index (χ2v) is 13.5. The molecule has 0 aromatic carbocycles. The lowest BCUT2D eigenvalue weighted by atomic mass is 9.74. The number of esters is 1. The number of piperazine rings is 1. The molecule has 6 atom stereocenters. The highest BCUT2D eigenvalue weighted by Gasteiger charge is 2.61. The van der Waals surface area contributed by atoms with Gasteiger partial charge in [-0.1, -0.05) is 13.8 Å². The van der Waals surface area contributed by atoms with E-state index in [2.05, 4.69) is 49.4 Å². The molecule has 2 heterocycles. The molecule has 0 aromatic heterocycles. The summed E-state index contributed by atoms with van der Waals surface area (Å²) in [4.78, 5) is 34.1. The topological polar surface area (TPSA) is 82.5 Å². The summed E-state index contributed by atoms with van der Waals surface area (Å²) in [5.41, 5.74) is -2.36. The van der Waals surface area contributed by atoms with E-state index in [0.29, 0.717) is 12.5 Å². The largest absolute Gasteiger partial charge is 0.463 e. The van der Waals surface area contributed by atoms with Crippen molar-refractivity contribution in [3.63, 3.8) is 0 Å². The van der Waals surface area contributed by atoms with Crippen molar-refractivity contribution in [1.29, 1.82) is 0 Å². The van der Waals surface area contributed by atoms with Crippen LogP contribution >= 0.6 is 0 Å². The number of carbonyl (C=O) groups excluding carboxylic acids is 2. The molecule has 2 unspecified atom stereocenters. The number of cyclic esters (lactones) is 1. The highest BCUT2D eigenvalue weighted by Crippen LogP contribution is 2.47. The third kappa shape index (κ3) is 5.53. The molecule has 0 bridgehead atoms. The zero-order valence-corrected chi connectivity index (χ0v) is 24.4. The minimum absolute atomic E-state index is 0.161. The van der Waals surface area contributed by atoms with Gasteiger partial charge in [-0.05, 0) is 67.3 Å². The fourth-order valence-electron chi connectivity index (χ4n) is 6.57. The van der Waals surface area contributed by atoms with Crippen LogP contribution in [-0.4, -0.2) is 114 Å². The molecule has 3 aliphatic rings. The van der Waals surface area contributed by atoms with E-state index in [4.69, 9.17) is 9.47 Å². The Morgan fingerprint density at radius 1 is 1.03 bits per heavy atom. The van der Waals surface area contributed by atoms with Crippen molar-refractivity contribution in [1.82, 2.24) is 14.7 Å². The van der Waals surface area contributed by atoms with Crippen LogP contribution in [0.4, 0.5) is 0 Å². The molecule has 0 amide bonds. The molecule has 0 aromatic rings. The normalized spacial score (nSPS) is 40.3. The molecule has 8 nitrogen and oxygen atoms in total. The third-order valence-electron chi connectivity index (χ3n) is 9.37. The lowest BCUT2D eigenvalue weighted by Crippen LogP contribution is -2.56. The lowest BCUT2D eigenvalue weighted by Gasteiger charge is -2.43. The molecule has 1 spiro atoms. The summed E-state index contributed by atoms with van der Waals surface area (Å²) in [6.07, 6.45) is 0.512. The first-order valence-electron chi connectivity index (χ1n) is 13.6. The summed E-state index contributed by atoms with van der Waals surface area (Å²) in [6, 6.07) is 0.312. The first kappa shape index (κ1) is 29.5. The van der Waals surface area contributed by atoms with Crippen LogP contribution in [-0.2, 0) is 19.1 Å². The second kappa shape index (κ2) is 10.3. The van der Waals surface area contributed by atoms with Crippen molar-refractivity contribution in [2.24, 2.45) is 17.3 Å². The van der Waals surface area contributed by atoms with Crippen LogP contribution in [0.2, 0.25) is 0 Å². The number of aliphatic hydroxyl groups is 1. The maximum Gasteiger partial charge on any atom is 0.319 e. The predicted octanol–water partition coefficient (Wildman–Crippen LogP) is 2.43. The van der Waals surface area contributed by atoms with Crippen molar-refractivity contribution >= 4 is 11.8 Å². The van der Waals surface area contributed by atoms with Crippen LogP contribution in [0.5, 0.6) is 0 Å². The Morgan fingerprint density at radius 3 is 2.14 bits per heavy atom. The number of nitrogens with zero attached hydrogens (tertiary/aromatic N) is 3. The molecule has 0 radical (unpaired) electrons. The highest BCUT2D eigenvalue weighted by atomic mass is 16.5. The fourth-order valence-corrected chi connectivity index (χ4v) is 6.57. The van der Waals surface area contributed by atoms with E-state index < -0.39 is 29.0 Å². The van der Waals surface area contributed by atoms with Gasteiger partial charge in [0.1, 0.15) is 12.0 Å². The molecule has 1 N–H and O–H groups in total. The second-order valence-electron chi connectivity index (χ2n) is 13.5. The number of ketones is 1. The van der Waals surface area contributed by atoms with E-state index in [0.717, 1.165) is 39.1 Å². The van der Waals surface area contributed by atoms with E-state index in [1.807, 2.05) is 6.92 Å². The zero-order valence-electron chi connectivity index (χ0n) is 24.4. The smallest absolute Gasteiger partial charge is 0.319 e. The third-order valence-corrected chi connectivity index (χ3v) is 9.37. The maximum atomic E-state index is 13.4. The van der Waals surface area contributed by atoms with Crippen LogP contribution < -0.4 is 0 Å². The number of rotatable bonds is 2. The molecule has 2 saturated heterocycles. The van der Waals surface area contributed by atoms with Gasteiger partial charge in [-0.15, -0.1) is 0 Å². The predicted molar refractivity (Wildman–Crippen MR) is 141 cm³/mol. The number of hydrogen-bond acceptors (Lipinski definition) is 8. The Bertz CT molecular complexity index is 818. The number of methoxy groups -OCH3 is 1. The first-order valence-corrected chi connectivity index (χ1v) is 13.6. The van der Waals surface area contributed by atoms with Gasteiger partial charge in [-0.2, -0.15) is 0 Å². The number of Topliss-reactive ketones (excluding diaryl/α,β-unsaturated/α-hetero) is 1. The Hall–Kier alpha value is -1.06. The van der Waals surface area contributed by atoms with Gasteiger partial charge in [0.2, 0.25) is 0 Å². The summed E-state index contributed by atoms with van der Waals surface area (Å²) in [7, 11) is 3.71. The van der Waals surface area contributed by atoms with E-state index >= 15 is 0 Å². The van der Waals surface area contributed by atoms with Gasteiger partial charge in [0.25, 0.3) is 0 Å². The van der Waals surface area contributed by atoms with E-state index in [1.54, 1.807) is 27.9 Å². The van der Waals surface area contributed by atoms with Gasteiger partial charge < -0.3 is 14.6 Å². The summed E-state index contributed by atoms with van der Waals surface area (Å²) >= 11 is 0. The standard InChI is InChI=1S/C28H51N3O5/c1-19-15-27(8,35-10)23(33)20(2)22(32)26(6,7)24(34)36-18-28(29(9)17-19)16-21(28)30-11-13-31(14-12-30)25(3,4)5/h19-21,23,33H,11-18H2,1-10H3/t19-,20+,21?,23-,27-,28?/m1/s1. The van der Waals surface area contributed by atoms with Gasteiger partial charge in [0.15, 0.2) is 5.78 Å². The number of carbonyl (C=O) groups is 2. The van der Waals surface area contributed by atoms with Crippen molar-refractivity contribution in [3.8, 4) is 0 Å². The van der Waals surface area contributed by atoms with Crippen molar-refractivity contribution in [2.45, 2.75) is 97.1 Å². The quantitative estimate of drug-likeness (QED) is 0.449. The average Bonchev–Trinajstić information content (AvgIpc) is 3.55. The van der Waals surface area contributed by atoms with E-state index in [1.165, 1.54) is 0 Å². The maximum absolute atomic E-state index is 13.4. The molecule has 36 heavy (non-hydrogen) atoms. The molecule has 208 valence electrons. The Kier molecular flexibility index (Phi) is 8.40. The van der Waals surface area contributed by atoms with Crippen LogP contribution in [0, 0.1) is 17.3 Å². The number of hydrogen-bond donors (Lipinski definition) is 1. The minimum Gasteiger partial charge on any atom is -0.463 e. The summed E-state index contributed by atoms with van der Waals surface area (Å²) in [5.74, 6) is -1.39. The zero-order chi connectivity index (χ0) is 27.3. The summed E-state index contributed by atoms with van der Waals surface area (Å²) in [5, 5.41) is 11.2. The molecule has 8 heteroatoms. The number of likely N-dealkylation sites (N-methyl/N-ethyl adjacent to an activating group) is 1. The van der Waals surface area contributed by atoms with Crippen LogP contribution in [0.1, 0.15) is 68.2 Å². The molecule has 2 aliphatic heterocycles. The fraction of sp³-hybridized carbons (Fsp3) is 0.929. The monoisotopic (exact) mass is 509 g/mol. The lowest BCUT2D eigenvalue weighted by molar-refractivity contribution is -0.166. The van der Waals surface area contributed by atoms with Crippen LogP contribution in [0.15, 0.2) is 0 Å². The average molecular weight is 510 g/mol. The van der Waals surface area contributed by atoms with Gasteiger partial charge >= 0.3 is 5.97 Å². The number of aliphatic hydroxyl groups excluding tert-OH is 1. The van der Waals surface area contributed by atoms with E-state index in [-0.39, 0.29) is 29.4 Å². The Balaban J connectivity index is 1.86. The van der Waals surface area contributed by atoms with Crippen LogP contribution in [0.3, 0.4) is 0 Å². The van der Waals surface area contributed by atoms with Gasteiger partial charge in [0.05, 0.1) is 17.2 Å². The molecule has 3 fully saturated rings. The van der Waals surface area contributed by atoms with Gasteiger partial charge in [-0.25, -0.2) is 0 Å². The number of ether oxygens (including phenoxy) is 2. The van der Waals surface area contributed by atoms with Crippen LogP contribution in [0.25, 0.3) is 0 Å². The highest BCUT2D eigenvalue weighted by molar-refractivity contribution is 6.04.